The van der Waals surface area contributed by atoms with Gasteiger partial charge in [-0.05, 0) is 36.1 Å². The molecule has 0 aromatic heterocycles. The number of fused-ring (bicyclic) bond motifs is 2. The fourth-order valence-electron chi connectivity index (χ4n) is 4.16. The number of carbonyl (C=O) groups is 3. The summed E-state index contributed by atoms with van der Waals surface area (Å²) < 4.78 is 5.65. The Balaban J connectivity index is 1.64. The van der Waals surface area contributed by atoms with Gasteiger partial charge >= 0.3 is 6.03 Å². The van der Waals surface area contributed by atoms with Gasteiger partial charge < -0.3 is 10.1 Å². The first-order valence-electron chi connectivity index (χ1n) is 10.0. The van der Waals surface area contributed by atoms with Crippen molar-refractivity contribution in [2.45, 2.75) is 38.6 Å². The van der Waals surface area contributed by atoms with E-state index in [-0.39, 0.29) is 12.3 Å². The first kappa shape index (κ1) is 19.2. The van der Waals surface area contributed by atoms with E-state index < -0.39 is 17.5 Å². The van der Waals surface area contributed by atoms with Crippen molar-refractivity contribution in [3.63, 3.8) is 0 Å². The molecule has 1 spiro atoms. The summed E-state index contributed by atoms with van der Waals surface area (Å²) in [6.07, 6.45) is 1.86. The number of ether oxygens (including phenoxy) is 1. The number of aryl methyl sites for hydroxylation is 2. The second-order valence-electron chi connectivity index (χ2n) is 7.44. The fourth-order valence-corrected chi connectivity index (χ4v) is 4.16. The van der Waals surface area contributed by atoms with Crippen molar-refractivity contribution in [1.29, 1.82) is 0 Å². The number of benzene rings is 2. The number of imide groups is 1. The van der Waals surface area contributed by atoms with E-state index in [2.05, 4.69) is 5.32 Å². The van der Waals surface area contributed by atoms with Crippen LogP contribution in [0.3, 0.4) is 0 Å². The molecule has 3 amide bonds. The van der Waals surface area contributed by atoms with E-state index in [0.29, 0.717) is 36.3 Å². The molecule has 2 aromatic rings. The van der Waals surface area contributed by atoms with Gasteiger partial charge in [0.1, 0.15) is 5.75 Å². The number of Topliss-reactive ketones (excluding diaryl/α,β-unsaturated/α-hetero) is 1. The largest absolute Gasteiger partial charge is 0.493 e. The Morgan fingerprint density at radius 2 is 1.93 bits per heavy atom. The van der Waals surface area contributed by atoms with Crippen LogP contribution < -0.4 is 10.1 Å². The van der Waals surface area contributed by atoms with Gasteiger partial charge in [0.05, 0.1) is 13.2 Å². The molecule has 2 aromatic carbocycles. The Morgan fingerprint density at radius 1 is 1.14 bits per heavy atom. The number of nitrogens with zero attached hydrogens (tertiary/aromatic N) is 1. The molecule has 1 fully saturated rings. The molecule has 2 heterocycles. The molecule has 0 aliphatic carbocycles. The van der Waals surface area contributed by atoms with E-state index in [1.807, 2.05) is 44.2 Å². The van der Waals surface area contributed by atoms with E-state index in [1.54, 1.807) is 12.1 Å². The molecule has 29 heavy (non-hydrogen) atoms. The average molecular weight is 392 g/mol. The third kappa shape index (κ3) is 3.09. The number of para-hydroxylation sites is 1. The van der Waals surface area contributed by atoms with Crippen molar-refractivity contribution in [2.75, 3.05) is 13.2 Å². The van der Waals surface area contributed by atoms with E-state index in [4.69, 9.17) is 4.74 Å². The third-order valence-electron chi connectivity index (χ3n) is 5.82. The van der Waals surface area contributed by atoms with Crippen LogP contribution in [0.5, 0.6) is 5.75 Å². The molecule has 6 nitrogen and oxygen atoms in total. The van der Waals surface area contributed by atoms with Crippen LogP contribution in [0, 0.1) is 0 Å². The maximum Gasteiger partial charge on any atom is 0.325 e. The summed E-state index contributed by atoms with van der Waals surface area (Å²) in [5.41, 5.74) is 2.04. The maximum atomic E-state index is 13.3. The number of nitrogens with one attached hydrogen (secondary N) is 1. The summed E-state index contributed by atoms with van der Waals surface area (Å²) >= 11 is 0. The van der Waals surface area contributed by atoms with Crippen molar-refractivity contribution in [3.05, 3.63) is 64.7 Å². The van der Waals surface area contributed by atoms with Crippen LogP contribution in [-0.2, 0) is 23.2 Å². The molecule has 2 aliphatic heterocycles. The van der Waals surface area contributed by atoms with Gasteiger partial charge in [0.15, 0.2) is 11.3 Å². The molecule has 1 N–H and O–H groups in total. The summed E-state index contributed by atoms with van der Waals surface area (Å²) in [4.78, 5) is 40.1. The molecule has 0 radical (unpaired) electrons. The van der Waals surface area contributed by atoms with Crippen molar-refractivity contribution >= 4 is 17.7 Å². The third-order valence-corrected chi connectivity index (χ3v) is 5.82. The Bertz CT molecular complexity index is 1000. The highest BCUT2D eigenvalue weighted by atomic mass is 16.5. The van der Waals surface area contributed by atoms with Gasteiger partial charge in [-0.3, -0.25) is 14.5 Å². The first-order valence-corrected chi connectivity index (χ1v) is 10.0. The molecule has 1 unspecified atom stereocenters. The Labute approximate surface area is 169 Å². The number of hydrogen-bond acceptors (Lipinski definition) is 4. The molecule has 0 bridgehead atoms. The van der Waals surface area contributed by atoms with E-state index in [0.717, 1.165) is 22.4 Å². The monoisotopic (exact) mass is 392 g/mol. The lowest BCUT2D eigenvalue weighted by Crippen LogP contribution is -2.47. The predicted octanol–water partition coefficient (Wildman–Crippen LogP) is 3.22. The average Bonchev–Trinajstić information content (AvgIpc) is 2.98. The summed E-state index contributed by atoms with van der Waals surface area (Å²) in [6, 6.07) is 12.5. The highest BCUT2D eigenvalue weighted by Crippen LogP contribution is 2.41. The zero-order valence-corrected chi connectivity index (χ0v) is 16.7. The molecular weight excluding hydrogens is 368 g/mol. The highest BCUT2D eigenvalue weighted by molar-refractivity contribution is 6.12. The lowest BCUT2D eigenvalue weighted by Gasteiger charge is -2.33. The van der Waals surface area contributed by atoms with Gasteiger partial charge in [-0.15, -0.1) is 0 Å². The van der Waals surface area contributed by atoms with Crippen LogP contribution in [-0.4, -0.2) is 35.8 Å². The number of amides is 3. The fraction of sp³-hybridized carbons (Fsp3) is 0.348. The number of ketones is 1. The summed E-state index contributed by atoms with van der Waals surface area (Å²) in [5.74, 6) is -0.0289. The molecule has 150 valence electrons. The minimum Gasteiger partial charge on any atom is -0.493 e. The van der Waals surface area contributed by atoms with Crippen molar-refractivity contribution in [1.82, 2.24) is 10.2 Å². The van der Waals surface area contributed by atoms with Crippen molar-refractivity contribution in [3.8, 4) is 5.75 Å². The molecular formula is C23H24N2O4. The topological polar surface area (TPSA) is 75.7 Å². The van der Waals surface area contributed by atoms with Crippen LogP contribution in [0.15, 0.2) is 42.5 Å². The second kappa shape index (κ2) is 7.35. The van der Waals surface area contributed by atoms with Crippen molar-refractivity contribution in [2.24, 2.45) is 0 Å². The Kier molecular flexibility index (Phi) is 4.86. The summed E-state index contributed by atoms with van der Waals surface area (Å²) in [5, 5.41) is 2.84. The number of carbonyl (C=O) groups excluding carboxylic acids is 3. The zero-order chi connectivity index (χ0) is 20.6. The van der Waals surface area contributed by atoms with E-state index in [1.165, 1.54) is 0 Å². The molecule has 2 aliphatic rings. The smallest absolute Gasteiger partial charge is 0.325 e. The highest BCUT2D eigenvalue weighted by Gasteiger charge is 2.55. The van der Waals surface area contributed by atoms with Crippen LogP contribution in [0.25, 0.3) is 0 Å². The van der Waals surface area contributed by atoms with Gasteiger partial charge in [0.25, 0.3) is 5.91 Å². The number of urea groups is 1. The maximum absolute atomic E-state index is 13.3. The molecule has 0 saturated carbocycles. The Morgan fingerprint density at radius 3 is 2.69 bits per heavy atom. The van der Waals surface area contributed by atoms with Gasteiger partial charge in [0, 0.05) is 17.5 Å². The predicted molar refractivity (Wildman–Crippen MR) is 108 cm³/mol. The van der Waals surface area contributed by atoms with Gasteiger partial charge in [-0.1, -0.05) is 44.2 Å². The van der Waals surface area contributed by atoms with Crippen LogP contribution >= 0.6 is 0 Å². The Hall–Kier alpha value is -3.15. The van der Waals surface area contributed by atoms with E-state index in [9.17, 15) is 14.4 Å². The minimum atomic E-state index is -1.16. The lowest BCUT2D eigenvalue weighted by atomic mass is 9.84. The van der Waals surface area contributed by atoms with E-state index >= 15 is 0 Å². The molecule has 6 heteroatoms. The molecule has 1 saturated heterocycles. The molecule has 1 atom stereocenters. The normalized spacial score (nSPS) is 20.4. The van der Waals surface area contributed by atoms with Crippen LogP contribution in [0.1, 0.15) is 47.3 Å². The summed E-state index contributed by atoms with van der Waals surface area (Å²) in [6.45, 7) is 4.07. The first-order chi connectivity index (χ1) is 14.0. The second-order valence-corrected chi connectivity index (χ2v) is 7.44. The van der Waals surface area contributed by atoms with Gasteiger partial charge in [-0.25, -0.2) is 4.79 Å². The van der Waals surface area contributed by atoms with Crippen LogP contribution in [0.4, 0.5) is 4.79 Å². The van der Waals surface area contributed by atoms with Gasteiger partial charge in [-0.2, -0.15) is 0 Å². The van der Waals surface area contributed by atoms with Crippen LogP contribution in [0.2, 0.25) is 0 Å². The molecule has 4 rings (SSSR count). The summed E-state index contributed by atoms with van der Waals surface area (Å²) in [7, 11) is 0. The van der Waals surface area contributed by atoms with Gasteiger partial charge in [0.2, 0.25) is 0 Å². The SMILES string of the molecule is CCc1ccc(CC)c(C(=O)CN2C(=O)NC3(CCOc4ccccc43)C2=O)c1. The zero-order valence-electron chi connectivity index (χ0n) is 16.7. The lowest BCUT2D eigenvalue weighted by molar-refractivity contribution is -0.132. The van der Waals surface area contributed by atoms with Crippen molar-refractivity contribution < 1.29 is 19.1 Å². The number of hydrogen-bond donors (Lipinski definition) is 1. The minimum absolute atomic E-state index is 0.224. The standard InChI is InChI=1S/C23H24N2O4/c1-3-15-9-10-16(4-2)17(13-15)19(26)14-25-21(27)23(24-22(25)28)11-12-29-20-8-6-5-7-18(20)23/h5-10,13H,3-4,11-12,14H2,1-2H3,(H,24,28). The number of rotatable bonds is 5. The quantitative estimate of drug-likeness (QED) is 0.626.